The highest BCUT2D eigenvalue weighted by Gasteiger charge is 2.72. The number of rotatable bonds is 8. The van der Waals surface area contributed by atoms with Crippen molar-refractivity contribution < 1.29 is 14.0 Å². The van der Waals surface area contributed by atoms with E-state index in [0.29, 0.717) is 13.1 Å². The van der Waals surface area contributed by atoms with Gasteiger partial charge in [-0.25, -0.2) is 4.39 Å². The Labute approximate surface area is 220 Å². The van der Waals surface area contributed by atoms with Crippen molar-refractivity contribution in [3.8, 4) is 17.2 Å². The largest absolute Gasteiger partial charge is 0.365 e. The SMILES string of the molecule is N#CC[C@@]12C(CN(Cc3ccc(-c4ccccc4)cc3)C[C@H]1F)C2n1cc(C(N)=O)c(NC(=O)C2CC2)n1. The number of hydrogen-bond donors (Lipinski definition) is 2. The summed E-state index contributed by atoms with van der Waals surface area (Å²) in [5.74, 6) is -1.01. The average molecular weight is 513 g/mol. The number of nitrogens with one attached hydrogen (secondary N) is 1. The molecular formula is C29H29FN6O2. The number of fused-ring (bicyclic) bond motifs is 1. The highest BCUT2D eigenvalue weighted by molar-refractivity contribution is 6.02. The molecule has 2 unspecified atom stereocenters. The summed E-state index contributed by atoms with van der Waals surface area (Å²) in [6.07, 6.45) is 1.93. The van der Waals surface area contributed by atoms with Crippen LogP contribution in [-0.2, 0) is 11.3 Å². The highest BCUT2D eigenvalue weighted by atomic mass is 19.1. The number of hydrogen-bond acceptors (Lipinski definition) is 5. The Hall–Kier alpha value is -4.03. The van der Waals surface area contributed by atoms with Gasteiger partial charge in [0, 0.05) is 49.5 Å². The zero-order valence-electron chi connectivity index (χ0n) is 20.9. The number of likely N-dealkylation sites (tertiary alicyclic amines) is 1. The van der Waals surface area contributed by atoms with Crippen molar-refractivity contribution in [1.82, 2.24) is 14.7 Å². The Morgan fingerprint density at radius 1 is 1.11 bits per heavy atom. The lowest BCUT2D eigenvalue weighted by Crippen LogP contribution is -2.42. The van der Waals surface area contributed by atoms with Crippen LogP contribution in [0.2, 0.25) is 0 Å². The van der Waals surface area contributed by atoms with Gasteiger partial charge in [0.15, 0.2) is 5.82 Å². The van der Waals surface area contributed by atoms with Gasteiger partial charge in [-0.3, -0.25) is 19.2 Å². The van der Waals surface area contributed by atoms with Gasteiger partial charge in [0.2, 0.25) is 5.91 Å². The quantitative estimate of drug-likeness (QED) is 0.474. The third-order valence-corrected chi connectivity index (χ3v) is 8.29. The summed E-state index contributed by atoms with van der Waals surface area (Å²) >= 11 is 0. The second-order valence-corrected chi connectivity index (χ2v) is 10.7. The monoisotopic (exact) mass is 512 g/mol. The summed E-state index contributed by atoms with van der Waals surface area (Å²) < 4.78 is 17.4. The number of piperidine rings is 1. The fourth-order valence-electron chi connectivity index (χ4n) is 6.06. The first-order chi connectivity index (χ1) is 18.4. The normalized spacial score (nSPS) is 26.3. The molecule has 2 saturated carbocycles. The maximum Gasteiger partial charge on any atom is 0.254 e. The van der Waals surface area contributed by atoms with Crippen LogP contribution in [0.1, 0.15) is 41.2 Å². The van der Waals surface area contributed by atoms with Gasteiger partial charge in [0.1, 0.15) is 11.7 Å². The molecule has 9 heteroatoms. The Morgan fingerprint density at radius 2 is 1.82 bits per heavy atom. The number of nitrogens with two attached hydrogens (primary N) is 1. The molecule has 2 heterocycles. The van der Waals surface area contributed by atoms with Gasteiger partial charge in [-0.2, -0.15) is 10.4 Å². The molecule has 1 saturated heterocycles. The number of amides is 2. The van der Waals surface area contributed by atoms with Crippen LogP contribution in [0.15, 0.2) is 60.8 Å². The lowest BCUT2D eigenvalue weighted by atomic mass is 9.89. The number of anilines is 1. The topological polar surface area (TPSA) is 117 Å². The number of primary amides is 1. The number of carbonyl (C=O) groups excluding carboxylic acids is 2. The van der Waals surface area contributed by atoms with E-state index in [-0.39, 0.29) is 42.1 Å². The molecule has 3 fully saturated rings. The molecule has 2 amide bonds. The minimum atomic E-state index is -1.24. The molecule has 0 spiro atoms. The molecule has 38 heavy (non-hydrogen) atoms. The Bertz CT molecular complexity index is 1410. The van der Waals surface area contributed by atoms with Gasteiger partial charge < -0.3 is 11.1 Å². The fourth-order valence-corrected chi connectivity index (χ4v) is 6.06. The van der Waals surface area contributed by atoms with E-state index in [2.05, 4.69) is 57.8 Å². The second kappa shape index (κ2) is 9.37. The van der Waals surface area contributed by atoms with E-state index in [9.17, 15) is 14.9 Å². The molecule has 0 bridgehead atoms. The van der Waals surface area contributed by atoms with Crippen LogP contribution in [-0.4, -0.2) is 45.8 Å². The van der Waals surface area contributed by atoms with Crippen molar-refractivity contribution in [2.45, 2.75) is 38.0 Å². The molecule has 8 nitrogen and oxygen atoms in total. The molecule has 1 aliphatic heterocycles. The predicted molar refractivity (Wildman–Crippen MR) is 139 cm³/mol. The molecule has 2 aliphatic carbocycles. The third-order valence-electron chi connectivity index (χ3n) is 8.29. The molecular weight excluding hydrogens is 483 g/mol. The summed E-state index contributed by atoms with van der Waals surface area (Å²) in [4.78, 5) is 26.5. The molecule has 6 rings (SSSR count). The fraction of sp³-hybridized carbons (Fsp3) is 0.379. The molecule has 1 aromatic heterocycles. The number of benzene rings is 2. The van der Waals surface area contributed by atoms with Crippen molar-refractivity contribution in [1.29, 1.82) is 5.26 Å². The molecule has 3 aromatic rings. The summed E-state index contributed by atoms with van der Waals surface area (Å²) in [6.45, 7) is 1.41. The standard InChI is InChI=1S/C29H29FN6O2/c30-24-17-35(14-18-6-8-20(9-7-18)19-4-2-1-3-5-19)16-23-25(29(23,24)12-13-31)36-15-22(26(32)37)27(34-36)33-28(38)21-10-11-21/h1-9,15,21,23-25H,10-12,14,16-17H2,(H2,32,37)(H,33,34,38)/t23?,24-,25?,29-/m1/s1. The van der Waals surface area contributed by atoms with Crippen LogP contribution in [0.3, 0.4) is 0 Å². The molecule has 194 valence electrons. The molecule has 2 aromatic carbocycles. The van der Waals surface area contributed by atoms with Crippen LogP contribution in [0.5, 0.6) is 0 Å². The summed E-state index contributed by atoms with van der Waals surface area (Å²) in [6, 6.07) is 20.2. The molecule has 0 radical (unpaired) electrons. The maximum absolute atomic E-state index is 15.8. The summed E-state index contributed by atoms with van der Waals surface area (Å²) in [5.41, 5.74) is 8.14. The Morgan fingerprint density at radius 3 is 2.47 bits per heavy atom. The minimum Gasteiger partial charge on any atom is -0.365 e. The zero-order chi connectivity index (χ0) is 26.4. The second-order valence-electron chi connectivity index (χ2n) is 10.7. The number of halogens is 1. The number of carbonyl (C=O) groups is 2. The summed E-state index contributed by atoms with van der Waals surface area (Å²) in [7, 11) is 0. The van der Waals surface area contributed by atoms with Crippen LogP contribution in [0.4, 0.5) is 10.2 Å². The van der Waals surface area contributed by atoms with Crippen molar-refractivity contribution >= 4 is 17.6 Å². The van der Waals surface area contributed by atoms with Crippen LogP contribution in [0, 0.1) is 28.6 Å². The highest BCUT2D eigenvalue weighted by Crippen LogP contribution is 2.69. The Kier molecular flexibility index (Phi) is 6.00. The first kappa shape index (κ1) is 24.3. The molecule has 3 aliphatic rings. The van der Waals surface area contributed by atoms with Gasteiger partial charge in [0.25, 0.3) is 5.91 Å². The Balaban J connectivity index is 1.21. The number of aromatic nitrogens is 2. The van der Waals surface area contributed by atoms with Gasteiger partial charge in [-0.05, 0) is 29.5 Å². The maximum atomic E-state index is 15.8. The first-order valence-electron chi connectivity index (χ1n) is 13.0. The van der Waals surface area contributed by atoms with E-state index >= 15 is 4.39 Å². The van der Waals surface area contributed by atoms with Crippen molar-refractivity contribution in [2.75, 3.05) is 18.4 Å². The van der Waals surface area contributed by atoms with Gasteiger partial charge in [-0.1, -0.05) is 54.6 Å². The lowest BCUT2D eigenvalue weighted by molar-refractivity contribution is -0.117. The lowest BCUT2D eigenvalue weighted by Gasteiger charge is -2.33. The van der Waals surface area contributed by atoms with Crippen molar-refractivity contribution in [2.24, 2.45) is 23.0 Å². The van der Waals surface area contributed by atoms with E-state index in [1.807, 2.05) is 18.2 Å². The minimum absolute atomic E-state index is 0.0542. The van der Waals surface area contributed by atoms with Crippen LogP contribution >= 0.6 is 0 Å². The van der Waals surface area contributed by atoms with Gasteiger partial charge >= 0.3 is 0 Å². The van der Waals surface area contributed by atoms with E-state index in [1.54, 1.807) is 4.68 Å². The smallest absolute Gasteiger partial charge is 0.254 e. The average Bonchev–Trinajstić information content (AvgIpc) is 3.82. The van der Waals surface area contributed by atoms with Crippen LogP contribution < -0.4 is 11.1 Å². The van der Waals surface area contributed by atoms with Crippen LogP contribution in [0.25, 0.3) is 11.1 Å². The number of nitriles is 1. The van der Waals surface area contributed by atoms with E-state index < -0.39 is 23.5 Å². The van der Waals surface area contributed by atoms with E-state index in [4.69, 9.17) is 5.73 Å². The predicted octanol–water partition coefficient (Wildman–Crippen LogP) is 3.92. The van der Waals surface area contributed by atoms with Gasteiger partial charge in [0.05, 0.1) is 12.1 Å². The van der Waals surface area contributed by atoms with E-state index in [1.165, 1.54) is 6.20 Å². The first-order valence-corrected chi connectivity index (χ1v) is 13.0. The summed E-state index contributed by atoms with van der Waals surface area (Å²) in [5, 5.41) is 16.7. The number of alkyl halides is 1. The van der Waals surface area contributed by atoms with E-state index in [0.717, 1.165) is 29.5 Å². The van der Waals surface area contributed by atoms with Gasteiger partial charge in [-0.15, -0.1) is 0 Å². The zero-order valence-corrected chi connectivity index (χ0v) is 20.9. The third kappa shape index (κ3) is 4.25. The molecule has 3 N–H and O–H groups in total. The van der Waals surface area contributed by atoms with Crippen molar-refractivity contribution in [3.63, 3.8) is 0 Å². The van der Waals surface area contributed by atoms with Crippen molar-refractivity contribution in [3.05, 3.63) is 71.9 Å². The molecule has 4 atom stereocenters. The number of nitrogens with zero attached hydrogens (tertiary/aromatic N) is 4.